The molecule has 0 radical (unpaired) electrons. The van der Waals surface area contributed by atoms with Gasteiger partial charge in [0.1, 0.15) is 24.3 Å². The summed E-state index contributed by atoms with van der Waals surface area (Å²) in [6.45, 7) is -0.0887. The predicted molar refractivity (Wildman–Crippen MR) is 117 cm³/mol. The molecule has 0 amide bonds. The Morgan fingerprint density at radius 3 is 2.37 bits per heavy atom. The first-order chi connectivity index (χ1) is 14.5. The molecule has 0 aliphatic rings. The second-order valence-electron chi connectivity index (χ2n) is 6.81. The number of hydrogen-bond donors (Lipinski definition) is 1. The van der Waals surface area contributed by atoms with E-state index in [9.17, 15) is 14.3 Å². The number of aliphatic hydroxyl groups is 1. The van der Waals surface area contributed by atoms with Gasteiger partial charge in [-0.15, -0.1) is 0 Å². The summed E-state index contributed by atoms with van der Waals surface area (Å²) in [5, 5.41) is 16.2. The van der Waals surface area contributed by atoms with Crippen molar-refractivity contribution in [2.24, 2.45) is 0 Å². The first kappa shape index (κ1) is 20.3. The molecule has 1 N–H and O–H groups in total. The third-order valence-electron chi connectivity index (χ3n) is 4.63. The summed E-state index contributed by atoms with van der Waals surface area (Å²) in [4.78, 5) is 12.9. The van der Waals surface area contributed by atoms with Crippen molar-refractivity contribution in [3.05, 3.63) is 93.4 Å². The van der Waals surface area contributed by atoms with Crippen molar-refractivity contribution in [1.29, 1.82) is 0 Å². The van der Waals surface area contributed by atoms with Crippen LogP contribution in [0.5, 0.6) is 5.75 Å². The fourth-order valence-electron chi connectivity index (χ4n) is 3.16. The van der Waals surface area contributed by atoms with Gasteiger partial charge in [0.25, 0.3) is 5.56 Å². The lowest BCUT2D eigenvalue weighted by atomic mass is 10.1. The van der Waals surface area contributed by atoms with Gasteiger partial charge in [-0.3, -0.25) is 4.79 Å². The van der Waals surface area contributed by atoms with Crippen molar-refractivity contribution < 1.29 is 14.2 Å². The molecular formula is C23H18BrFN2O3. The zero-order valence-corrected chi connectivity index (χ0v) is 17.4. The maximum atomic E-state index is 13.0. The third-order valence-corrected chi connectivity index (χ3v) is 5.15. The van der Waals surface area contributed by atoms with Gasteiger partial charge in [0.2, 0.25) is 0 Å². The summed E-state index contributed by atoms with van der Waals surface area (Å²) in [6, 6.07) is 20.4. The lowest BCUT2D eigenvalue weighted by Gasteiger charge is -2.15. The molecule has 152 valence electrons. The number of hydrogen-bond acceptors (Lipinski definition) is 4. The fraction of sp³-hybridized carbons (Fsp3) is 0.130. The van der Waals surface area contributed by atoms with Crippen molar-refractivity contribution in [1.82, 2.24) is 9.78 Å². The van der Waals surface area contributed by atoms with Crippen LogP contribution in [0.3, 0.4) is 0 Å². The first-order valence-electron chi connectivity index (χ1n) is 9.33. The maximum absolute atomic E-state index is 13.0. The molecule has 0 bridgehead atoms. The van der Waals surface area contributed by atoms with Crippen LogP contribution in [0, 0.1) is 5.82 Å². The number of aromatic nitrogens is 2. The number of rotatable bonds is 6. The Kier molecular flexibility index (Phi) is 5.92. The summed E-state index contributed by atoms with van der Waals surface area (Å²) in [6.07, 6.45) is -0.973. The molecule has 1 unspecified atom stereocenters. The molecule has 0 saturated heterocycles. The summed E-state index contributed by atoms with van der Waals surface area (Å²) >= 11 is 3.42. The van der Waals surface area contributed by atoms with E-state index >= 15 is 0 Å². The Morgan fingerprint density at radius 1 is 1.00 bits per heavy atom. The molecule has 1 atom stereocenters. The second kappa shape index (κ2) is 8.77. The van der Waals surface area contributed by atoms with E-state index in [2.05, 4.69) is 21.0 Å². The Morgan fingerprint density at radius 2 is 1.67 bits per heavy atom. The van der Waals surface area contributed by atoms with E-state index in [-0.39, 0.29) is 24.5 Å². The standard InChI is InChI=1S/C23H18BrFN2O3/c24-16-7-5-15(6-8-16)22-20-3-1-2-4-21(20)23(29)27(26-22)13-18(28)14-30-19-11-9-17(25)10-12-19/h1-12,18,28H,13-14H2. The molecule has 4 aromatic rings. The highest BCUT2D eigenvalue weighted by Gasteiger charge is 2.15. The molecule has 3 aromatic carbocycles. The van der Waals surface area contributed by atoms with Gasteiger partial charge in [-0.05, 0) is 42.5 Å². The van der Waals surface area contributed by atoms with Gasteiger partial charge in [0, 0.05) is 15.4 Å². The highest BCUT2D eigenvalue weighted by Crippen LogP contribution is 2.26. The molecule has 0 fully saturated rings. The molecule has 0 aliphatic carbocycles. The van der Waals surface area contributed by atoms with E-state index in [1.807, 2.05) is 36.4 Å². The van der Waals surface area contributed by atoms with Crippen LogP contribution in [0.2, 0.25) is 0 Å². The quantitative estimate of drug-likeness (QED) is 0.455. The lowest BCUT2D eigenvalue weighted by molar-refractivity contribution is 0.0882. The van der Waals surface area contributed by atoms with Crippen molar-refractivity contribution in [3.63, 3.8) is 0 Å². The van der Waals surface area contributed by atoms with Crippen LogP contribution in [0.25, 0.3) is 22.0 Å². The largest absolute Gasteiger partial charge is 0.491 e. The summed E-state index contributed by atoms with van der Waals surface area (Å²) < 4.78 is 20.7. The molecule has 1 aromatic heterocycles. The van der Waals surface area contributed by atoms with Gasteiger partial charge >= 0.3 is 0 Å². The smallest absolute Gasteiger partial charge is 0.274 e. The zero-order valence-electron chi connectivity index (χ0n) is 15.8. The van der Waals surface area contributed by atoms with E-state index in [0.29, 0.717) is 16.8 Å². The van der Waals surface area contributed by atoms with E-state index in [0.717, 1.165) is 15.4 Å². The second-order valence-corrected chi connectivity index (χ2v) is 7.72. The summed E-state index contributed by atoms with van der Waals surface area (Å²) in [7, 11) is 0. The Labute approximate surface area is 180 Å². The van der Waals surface area contributed by atoms with Crippen molar-refractivity contribution in [3.8, 4) is 17.0 Å². The monoisotopic (exact) mass is 468 g/mol. The van der Waals surface area contributed by atoms with E-state index < -0.39 is 6.10 Å². The fourth-order valence-corrected chi connectivity index (χ4v) is 3.42. The van der Waals surface area contributed by atoms with Gasteiger partial charge in [-0.2, -0.15) is 5.10 Å². The lowest BCUT2D eigenvalue weighted by Crippen LogP contribution is -2.32. The van der Waals surface area contributed by atoms with E-state index in [1.165, 1.54) is 28.9 Å². The van der Waals surface area contributed by atoms with Gasteiger partial charge in [-0.1, -0.05) is 46.3 Å². The number of aliphatic hydroxyl groups excluding tert-OH is 1. The molecule has 1 heterocycles. The number of fused-ring (bicyclic) bond motifs is 1. The molecule has 0 saturated carbocycles. The number of benzene rings is 3. The minimum absolute atomic E-state index is 0.0333. The molecule has 30 heavy (non-hydrogen) atoms. The van der Waals surface area contributed by atoms with Crippen LogP contribution in [0.1, 0.15) is 0 Å². The van der Waals surface area contributed by atoms with Crippen LogP contribution in [-0.2, 0) is 6.54 Å². The number of ether oxygens (including phenoxy) is 1. The van der Waals surface area contributed by atoms with Gasteiger partial charge < -0.3 is 9.84 Å². The van der Waals surface area contributed by atoms with Crippen LogP contribution in [-0.4, -0.2) is 27.6 Å². The predicted octanol–water partition coefficient (Wildman–Crippen LogP) is 4.41. The van der Waals surface area contributed by atoms with Crippen molar-refractivity contribution in [2.45, 2.75) is 12.6 Å². The Bertz CT molecular complexity index is 1220. The van der Waals surface area contributed by atoms with Crippen LogP contribution < -0.4 is 10.3 Å². The average Bonchev–Trinajstić information content (AvgIpc) is 2.76. The summed E-state index contributed by atoms with van der Waals surface area (Å²) in [5.74, 6) is 0.0695. The van der Waals surface area contributed by atoms with Gasteiger partial charge in [0.15, 0.2) is 0 Å². The van der Waals surface area contributed by atoms with Gasteiger partial charge in [-0.25, -0.2) is 9.07 Å². The highest BCUT2D eigenvalue weighted by molar-refractivity contribution is 9.10. The summed E-state index contributed by atoms with van der Waals surface area (Å²) in [5.41, 5.74) is 1.23. The maximum Gasteiger partial charge on any atom is 0.274 e. The SMILES string of the molecule is O=c1c2ccccc2c(-c2ccc(Br)cc2)nn1CC(O)COc1ccc(F)cc1. The normalized spacial score (nSPS) is 12.1. The van der Waals surface area contributed by atoms with Gasteiger partial charge in [0.05, 0.1) is 17.6 Å². The van der Waals surface area contributed by atoms with E-state index in [4.69, 9.17) is 4.74 Å². The molecule has 0 spiro atoms. The van der Waals surface area contributed by atoms with Crippen LogP contribution in [0.4, 0.5) is 4.39 Å². The number of nitrogens with zero attached hydrogens (tertiary/aromatic N) is 2. The van der Waals surface area contributed by atoms with Crippen molar-refractivity contribution >= 4 is 26.7 Å². The molecule has 0 aliphatic heterocycles. The molecular weight excluding hydrogens is 451 g/mol. The van der Waals surface area contributed by atoms with Crippen molar-refractivity contribution in [2.75, 3.05) is 6.61 Å². The minimum atomic E-state index is -0.973. The zero-order chi connectivity index (χ0) is 21.1. The first-order valence-corrected chi connectivity index (χ1v) is 10.1. The topological polar surface area (TPSA) is 64.4 Å². The Balaban J connectivity index is 1.63. The highest BCUT2D eigenvalue weighted by atomic mass is 79.9. The van der Waals surface area contributed by atoms with Crippen LogP contribution in [0.15, 0.2) is 82.1 Å². The minimum Gasteiger partial charge on any atom is -0.491 e. The number of halogens is 2. The molecule has 5 nitrogen and oxygen atoms in total. The molecule has 4 rings (SSSR count). The van der Waals surface area contributed by atoms with Crippen LogP contribution >= 0.6 is 15.9 Å². The molecule has 7 heteroatoms. The Hall–Kier alpha value is -3.03. The third kappa shape index (κ3) is 4.42. The van der Waals surface area contributed by atoms with E-state index in [1.54, 1.807) is 12.1 Å². The average molecular weight is 469 g/mol.